The fourth-order valence-corrected chi connectivity index (χ4v) is 2.09. The molecule has 0 aliphatic heterocycles. The molecule has 0 radical (unpaired) electrons. The van der Waals surface area contributed by atoms with Crippen molar-refractivity contribution in [3.8, 4) is 0 Å². The zero-order valence-corrected chi connectivity index (χ0v) is 12.4. The van der Waals surface area contributed by atoms with E-state index in [9.17, 15) is 14.0 Å². The van der Waals surface area contributed by atoms with Crippen molar-refractivity contribution in [1.82, 2.24) is 5.32 Å². The van der Waals surface area contributed by atoms with E-state index in [2.05, 4.69) is 5.32 Å². The van der Waals surface area contributed by atoms with Crippen LogP contribution in [0.3, 0.4) is 0 Å². The van der Waals surface area contributed by atoms with Gasteiger partial charge in [0.25, 0.3) is 0 Å². The highest BCUT2D eigenvalue weighted by molar-refractivity contribution is 5.84. The van der Waals surface area contributed by atoms with Gasteiger partial charge in [0, 0.05) is 5.92 Å². The third-order valence-corrected chi connectivity index (χ3v) is 3.34. The van der Waals surface area contributed by atoms with Crippen LogP contribution in [0.25, 0.3) is 0 Å². The average Bonchev–Trinajstić information content (AvgIpc) is 2.42. The van der Waals surface area contributed by atoms with Crippen molar-refractivity contribution in [2.45, 2.75) is 45.6 Å². The summed E-state index contributed by atoms with van der Waals surface area (Å²) in [6.45, 7) is 3.67. The highest BCUT2D eigenvalue weighted by Gasteiger charge is 2.22. The maximum atomic E-state index is 13.1. The quantitative estimate of drug-likeness (QED) is 0.775. The number of nitrogens with one attached hydrogen (secondary N) is 1. The second kappa shape index (κ2) is 8.39. The molecule has 0 aromatic heterocycles. The van der Waals surface area contributed by atoms with Gasteiger partial charge in [0.15, 0.2) is 0 Å². The van der Waals surface area contributed by atoms with Crippen LogP contribution in [0.2, 0.25) is 0 Å². The third-order valence-electron chi connectivity index (χ3n) is 3.34. The van der Waals surface area contributed by atoms with Crippen LogP contribution in [0.1, 0.15) is 38.7 Å². The van der Waals surface area contributed by atoms with Crippen molar-refractivity contribution in [2.24, 2.45) is 5.92 Å². The number of halogens is 1. The Kier molecular flexibility index (Phi) is 6.85. The number of carboxylic acids is 1. The van der Waals surface area contributed by atoms with Crippen molar-refractivity contribution in [3.63, 3.8) is 0 Å². The van der Waals surface area contributed by atoms with E-state index in [1.807, 2.05) is 6.92 Å². The zero-order valence-electron chi connectivity index (χ0n) is 12.4. The van der Waals surface area contributed by atoms with Gasteiger partial charge in [-0.1, -0.05) is 38.8 Å². The summed E-state index contributed by atoms with van der Waals surface area (Å²) in [6.07, 6.45) is 2.42. The minimum Gasteiger partial charge on any atom is -0.480 e. The largest absolute Gasteiger partial charge is 0.480 e. The second-order valence-electron chi connectivity index (χ2n) is 5.28. The van der Waals surface area contributed by atoms with Gasteiger partial charge in [-0.2, -0.15) is 0 Å². The molecular formula is C16H22FNO3. The molecule has 0 spiro atoms. The number of hydrogen-bond donors (Lipinski definition) is 2. The number of amides is 1. The standard InChI is InChI=1S/C16H22FNO3/c1-3-4-8-14(16(20)21)18-15(19)11(2)9-12-6-5-7-13(17)10-12/h5-7,10-11,14H,3-4,8-9H2,1-2H3,(H,18,19)(H,20,21)/t11?,14-/m0/s1. The molecule has 0 fully saturated rings. The summed E-state index contributed by atoms with van der Waals surface area (Å²) in [5.41, 5.74) is 0.720. The molecule has 1 amide bonds. The van der Waals surface area contributed by atoms with Gasteiger partial charge >= 0.3 is 5.97 Å². The van der Waals surface area contributed by atoms with Crippen LogP contribution in [0.4, 0.5) is 4.39 Å². The summed E-state index contributed by atoms with van der Waals surface area (Å²) < 4.78 is 13.1. The SMILES string of the molecule is CCCC[C@H](NC(=O)C(C)Cc1cccc(F)c1)C(=O)O. The zero-order chi connectivity index (χ0) is 15.8. The lowest BCUT2D eigenvalue weighted by Gasteiger charge is -2.17. The monoisotopic (exact) mass is 295 g/mol. The van der Waals surface area contributed by atoms with Gasteiger partial charge in [-0.05, 0) is 30.5 Å². The van der Waals surface area contributed by atoms with Gasteiger partial charge in [-0.15, -0.1) is 0 Å². The van der Waals surface area contributed by atoms with Crippen molar-refractivity contribution < 1.29 is 19.1 Å². The maximum absolute atomic E-state index is 13.1. The van der Waals surface area contributed by atoms with Crippen LogP contribution in [-0.2, 0) is 16.0 Å². The number of carbonyl (C=O) groups excluding carboxylic acids is 1. The summed E-state index contributed by atoms with van der Waals surface area (Å²) in [4.78, 5) is 23.1. The van der Waals surface area contributed by atoms with E-state index in [0.717, 1.165) is 18.4 Å². The molecule has 2 atom stereocenters. The predicted octanol–water partition coefficient (Wildman–Crippen LogP) is 2.76. The minimum absolute atomic E-state index is 0.317. The second-order valence-corrected chi connectivity index (χ2v) is 5.28. The van der Waals surface area contributed by atoms with Crippen LogP contribution in [0, 0.1) is 11.7 Å². The molecule has 1 rings (SSSR count). The summed E-state index contributed by atoms with van der Waals surface area (Å²) >= 11 is 0. The lowest BCUT2D eigenvalue weighted by molar-refractivity contribution is -0.142. The van der Waals surface area contributed by atoms with Crippen LogP contribution in [-0.4, -0.2) is 23.0 Å². The highest BCUT2D eigenvalue weighted by atomic mass is 19.1. The summed E-state index contributed by atoms with van der Waals surface area (Å²) in [5, 5.41) is 11.6. The Morgan fingerprint density at radius 1 is 1.38 bits per heavy atom. The van der Waals surface area contributed by atoms with Gasteiger partial charge in [0.05, 0.1) is 0 Å². The van der Waals surface area contributed by atoms with Crippen LogP contribution in [0.5, 0.6) is 0 Å². The van der Waals surface area contributed by atoms with Crippen molar-refractivity contribution in [3.05, 3.63) is 35.6 Å². The number of carboxylic acid groups (broad SMARTS) is 1. The molecule has 1 aromatic carbocycles. The van der Waals surface area contributed by atoms with E-state index < -0.39 is 17.9 Å². The predicted molar refractivity (Wildman–Crippen MR) is 78.4 cm³/mol. The van der Waals surface area contributed by atoms with Gasteiger partial charge in [-0.3, -0.25) is 4.79 Å². The molecule has 0 heterocycles. The van der Waals surface area contributed by atoms with E-state index in [1.54, 1.807) is 19.1 Å². The summed E-state index contributed by atoms with van der Waals surface area (Å²) in [7, 11) is 0. The van der Waals surface area contributed by atoms with Crippen molar-refractivity contribution >= 4 is 11.9 Å². The molecule has 1 unspecified atom stereocenters. The number of benzene rings is 1. The van der Waals surface area contributed by atoms with Crippen molar-refractivity contribution in [2.75, 3.05) is 0 Å². The molecule has 0 aliphatic rings. The highest BCUT2D eigenvalue weighted by Crippen LogP contribution is 2.11. The first-order chi connectivity index (χ1) is 9.93. The van der Waals surface area contributed by atoms with E-state index in [1.165, 1.54) is 12.1 Å². The molecule has 4 nitrogen and oxygen atoms in total. The lowest BCUT2D eigenvalue weighted by Crippen LogP contribution is -2.43. The Bertz CT molecular complexity index is 490. The Morgan fingerprint density at radius 2 is 2.10 bits per heavy atom. The first-order valence-corrected chi connectivity index (χ1v) is 7.21. The Labute approximate surface area is 124 Å². The molecule has 5 heteroatoms. The molecule has 0 aliphatic carbocycles. The third kappa shape index (κ3) is 5.94. The fraction of sp³-hybridized carbons (Fsp3) is 0.500. The van der Waals surface area contributed by atoms with Gasteiger partial charge in [0.2, 0.25) is 5.91 Å². The summed E-state index contributed by atoms with van der Waals surface area (Å²) in [6, 6.07) is 5.22. The number of unbranched alkanes of at least 4 members (excludes halogenated alkanes) is 1. The molecule has 1 aromatic rings. The van der Waals surface area contributed by atoms with Crippen LogP contribution in [0.15, 0.2) is 24.3 Å². The number of rotatable bonds is 8. The topological polar surface area (TPSA) is 66.4 Å². The molecule has 0 bridgehead atoms. The van der Waals surface area contributed by atoms with Gasteiger partial charge in [0.1, 0.15) is 11.9 Å². The van der Waals surface area contributed by atoms with Gasteiger partial charge in [-0.25, -0.2) is 9.18 Å². The van der Waals surface area contributed by atoms with E-state index in [0.29, 0.717) is 12.8 Å². The maximum Gasteiger partial charge on any atom is 0.326 e. The minimum atomic E-state index is -1.02. The van der Waals surface area contributed by atoms with Crippen molar-refractivity contribution in [1.29, 1.82) is 0 Å². The first-order valence-electron chi connectivity index (χ1n) is 7.21. The Morgan fingerprint density at radius 3 is 2.67 bits per heavy atom. The normalized spacial score (nSPS) is 13.5. The number of carbonyl (C=O) groups is 2. The smallest absolute Gasteiger partial charge is 0.326 e. The molecule has 116 valence electrons. The summed E-state index contributed by atoms with van der Waals surface area (Å²) in [5.74, 6) is -2.08. The van der Waals surface area contributed by atoms with E-state index >= 15 is 0 Å². The number of aliphatic carboxylic acids is 1. The van der Waals surface area contributed by atoms with Crippen LogP contribution >= 0.6 is 0 Å². The number of hydrogen-bond acceptors (Lipinski definition) is 2. The molecule has 0 saturated carbocycles. The van der Waals surface area contributed by atoms with Crippen LogP contribution < -0.4 is 5.32 Å². The average molecular weight is 295 g/mol. The molecule has 21 heavy (non-hydrogen) atoms. The molecular weight excluding hydrogens is 273 g/mol. The van der Waals surface area contributed by atoms with Gasteiger partial charge < -0.3 is 10.4 Å². The fourth-order valence-electron chi connectivity index (χ4n) is 2.09. The van der Waals surface area contributed by atoms with E-state index in [-0.39, 0.29) is 11.7 Å². The molecule has 2 N–H and O–H groups in total. The first kappa shape index (κ1) is 17.1. The Balaban J connectivity index is 2.58. The lowest BCUT2D eigenvalue weighted by atomic mass is 9.99. The van der Waals surface area contributed by atoms with E-state index in [4.69, 9.17) is 5.11 Å². The Hall–Kier alpha value is -1.91. The molecule has 0 saturated heterocycles.